The van der Waals surface area contributed by atoms with E-state index in [1.54, 1.807) is 0 Å². The Morgan fingerprint density at radius 1 is 1.00 bits per heavy atom. The Kier molecular flexibility index (Phi) is 4.42. The van der Waals surface area contributed by atoms with Crippen LogP contribution in [0.5, 0.6) is 0 Å². The van der Waals surface area contributed by atoms with Gasteiger partial charge in [-0.1, -0.05) is 32.9 Å². The maximum Gasteiger partial charge on any atom is -0.0126 e. The van der Waals surface area contributed by atoms with Crippen LogP contribution in [0.3, 0.4) is 0 Å². The largest absolute Gasteiger partial charge is 0.0911 e. The summed E-state index contributed by atoms with van der Waals surface area (Å²) in [4.78, 5) is 0. The minimum Gasteiger partial charge on any atom is -0.0911 e. The van der Waals surface area contributed by atoms with Crippen molar-refractivity contribution in [1.29, 1.82) is 0 Å². The zero-order valence-electron chi connectivity index (χ0n) is 7.78. The van der Waals surface area contributed by atoms with E-state index in [1.165, 1.54) is 19.3 Å². The van der Waals surface area contributed by atoms with Gasteiger partial charge in [-0.3, -0.25) is 0 Å². The van der Waals surface area contributed by atoms with Crippen LogP contribution in [0.25, 0.3) is 0 Å². The number of hydrogen-bond donors (Lipinski definition) is 0. The van der Waals surface area contributed by atoms with Crippen molar-refractivity contribution in [3.05, 3.63) is 12.2 Å². The van der Waals surface area contributed by atoms with Crippen LogP contribution in [-0.2, 0) is 0 Å². The highest BCUT2D eigenvalue weighted by Crippen LogP contribution is 2.31. The highest BCUT2D eigenvalue weighted by atomic mass is 14.2. The van der Waals surface area contributed by atoms with E-state index in [4.69, 9.17) is 0 Å². The van der Waals surface area contributed by atoms with Gasteiger partial charge < -0.3 is 0 Å². The molecular weight excluding hydrogens is 120 g/mol. The molecule has 0 aliphatic rings. The Labute approximate surface area is 65.3 Å². The van der Waals surface area contributed by atoms with Crippen molar-refractivity contribution in [1.82, 2.24) is 0 Å². The average molecular weight is 140 g/mol. The van der Waals surface area contributed by atoms with Crippen LogP contribution in [0.2, 0.25) is 0 Å². The third-order valence-electron chi connectivity index (χ3n) is 2.63. The fourth-order valence-corrected chi connectivity index (χ4v) is 1.46. The maximum atomic E-state index is 2.35. The number of hydrogen-bond acceptors (Lipinski definition) is 0. The molecule has 0 fully saturated rings. The zero-order chi connectivity index (χ0) is 8.04. The van der Waals surface area contributed by atoms with Gasteiger partial charge in [0.2, 0.25) is 0 Å². The predicted molar refractivity (Wildman–Crippen MR) is 48.1 cm³/mol. The van der Waals surface area contributed by atoms with Crippen LogP contribution in [0.1, 0.15) is 47.0 Å². The molecule has 60 valence electrons. The molecule has 0 spiro atoms. The van der Waals surface area contributed by atoms with Crippen molar-refractivity contribution in [2.45, 2.75) is 47.0 Å². The smallest absolute Gasteiger partial charge is 0.0126 e. The molecule has 0 aliphatic heterocycles. The van der Waals surface area contributed by atoms with Crippen molar-refractivity contribution in [3.63, 3.8) is 0 Å². The Hall–Kier alpha value is -0.260. The quantitative estimate of drug-likeness (QED) is 0.521. The summed E-state index contributed by atoms with van der Waals surface area (Å²) in [5.41, 5.74) is 0.495. The van der Waals surface area contributed by atoms with Gasteiger partial charge in [-0.25, -0.2) is 0 Å². The topological polar surface area (TPSA) is 0 Å². The van der Waals surface area contributed by atoms with Crippen LogP contribution in [0.4, 0.5) is 0 Å². The summed E-state index contributed by atoms with van der Waals surface area (Å²) in [5, 5.41) is 0. The van der Waals surface area contributed by atoms with Crippen LogP contribution in [-0.4, -0.2) is 0 Å². The molecule has 0 aliphatic carbocycles. The van der Waals surface area contributed by atoms with Gasteiger partial charge in [0.25, 0.3) is 0 Å². The molecule has 10 heavy (non-hydrogen) atoms. The predicted octanol–water partition coefficient (Wildman–Crippen LogP) is 3.78. The Balaban J connectivity index is 4.15. The molecule has 0 unspecified atom stereocenters. The van der Waals surface area contributed by atoms with Crippen molar-refractivity contribution in [2.75, 3.05) is 0 Å². The fraction of sp³-hybridized carbons (Fsp3) is 0.800. The monoisotopic (exact) mass is 140 g/mol. The summed E-state index contributed by atoms with van der Waals surface area (Å²) in [5.74, 6) is 0. The van der Waals surface area contributed by atoms with Gasteiger partial charge in [-0.05, 0) is 31.6 Å². The van der Waals surface area contributed by atoms with Crippen molar-refractivity contribution in [3.8, 4) is 0 Å². The SMILES string of the molecule is C/C=C\C(CC)(CC)CC. The lowest BCUT2D eigenvalue weighted by Crippen LogP contribution is -2.13. The molecular formula is C10H20. The molecule has 0 aromatic heterocycles. The van der Waals surface area contributed by atoms with Crippen LogP contribution in [0, 0.1) is 5.41 Å². The van der Waals surface area contributed by atoms with Crippen molar-refractivity contribution >= 4 is 0 Å². The molecule has 0 N–H and O–H groups in total. The van der Waals surface area contributed by atoms with Gasteiger partial charge in [-0.2, -0.15) is 0 Å². The lowest BCUT2D eigenvalue weighted by atomic mass is 9.80. The standard InChI is InChI=1S/C10H20/c1-5-9-10(6-2,7-3)8-4/h5,9H,6-8H2,1-4H3/b9-5-. The summed E-state index contributed by atoms with van der Waals surface area (Å²) in [6.45, 7) is 8.92. The fourth-order valence-electron chi connectivity index (χ4n) is 1.46. The summed E-state index contributed by atoms with van der Waals surface area (Å²) in [7, 11) is 0. The molecule has 0 heteroatoms. The van der Waals surface area contributed by atoms with E-state index in [1.807, 2.05) is 0 Å². The van der Waals surface area contributed by atoms with Crippen molar-refractivity contribution < 1.29 is 0 Å². The lowest BCUT2D eigenvalue weighted by molar-refractivity contribution is 0.339. The van der Waals surface area contributed by atoms with Gasteiger partial charge in [-0.15, -0.1) is 0 Å². The average Bonchev–Trinajstić information content (AvgIpc) is 2.01. The first kappa shape index (κ1) is 9.74. The molecule has 0 aromatic carbocycles. The van der Waals surface area contributed by atoms with Gasteiger partial charge in [0.15, 0.2) is 0 Å². The van der Waals surface area contributed by atoms with E-state index in [0.29, 0.717) is 5.41 Å². The van der Waals surface area contributed by atoms with Crippen molar-refractivity contribution in [2.24, 2.45) is 5.41 Å². The van der Waals surface area contributed by atoms with E-state index in [-0.39, 0.29) is 0 Å². The maximum absolute atomic E-state index is 2.35. The first-order valence-corrected chi connectivity index (χ1v) is 4.38. The molecule has 0 saturated carbocycles. The molecule has 0 aromatic rings. The first-order chi connectivity index (χ1) is 4.74. The highest BCUT2D eigenvalue weighted by Gasteiger charge is 2.18. The Morgan fingerprint density at radius 2 is 1.40 bits per heavy atom. The second kappa shape index (κ2) is 4.54. The van der Waals surface area contributed by atoms with Gasteiger partial charge in [0, 0.05) is 0 Å². The summed E-state index contributed by atoms with van der Waals surface area (Å²) < 4.78 is 0. The summed E-state index contributed by atoms with van der Waals surface area (Å²) in [6.07, 6.45) is 8.34. The molecule has 0 saturated heterocycles. The Morgan fingerprint density at radius 3 is 1.50 bits per heavy atom. The van der Waals surface area contributed by atoms with E-state index in [0.717, 1.165) is 0 Å². The summed E-state index contributed by atoms with van der Waals surface area (Å²) in [6, 6.07) is 0. The molecule has 0 amide bonds. The van der Waals surface area contributed by atoms with Crippen LogP contribution < -0.4 is 0 Å². The normalized spacial score (nSPS) is 12.8. The zero-order valence-corrected chi connectivity index (χ0v) is 7.78. The van der Waals surface area contributed by atoms with Crippen LogP contribution in [0.15, 0.2) is 12.2 Å². The molecule has 0 atom stereocenters. The second-order valence-corrected chi connectivity index (χ2v) is 2.92. The Bertz CT molecular complexity index is 88.3. The van der Waals surface area contributed by atoms with Crippen LogP contribution >= 0.6 is 0 Å². The number of allylic oxidation sites excluding steroid dienone is 2. The first-order valence-electron chi connectivity index (χ1n) is 4.38. The van der Waals surface area contributed by atoms with E-state index < -0.39 is 0 Å². The number of rotatable bonds is 4. The second-order valence-electron chi connectivity index (χ2n) is 2.92. The van der Waals surface area contributed by atoms with E-state index in [2.05, 4.69) is 39.8 Å². The van der Waals surface area contributed by atoms with Gasteiger partial charge in [0.1, 0.15) is 0 Å². The lowest BCUT2D eigenvalue weighted by Gasteiger charge is -2.25. The minimum atomic E-state index is 0.495. The third kappa shape index (κ3) is 2.17. The van der Waals surface area contributed by atoms with E-state index in [9.17, 15) is 0 Å². The highest BCUT2D eigenvalue weighted by molar-refractivity contribution is 4.96. The summed E-state index contributed by atoms with van der Waals surface area (Å²) >= 11 is 0. The van der Waals surface area contributed by atoms with E-state index >= 15 is 0 Å². The van der Waals surface area contributed by atoms with Gasteiger partial charge >= 0.3 is 0 Å². The van der Waals surface area contributed by atoms with Gasteiger partial charge in [0.05, 0.1) is 0 Å². The third-order valence-corrected chi connectivity index (χ3v) is 2.63. The minimum absolute atomic E-state index is 0.495. The molecule has 0 radical (unpaired) electrons. The molecule has 0 bridgehead atoms. The molecule has 0 nitrogen and oxygen atoms in total. The molecule has 0 rings (SSSR count). The molecule has 0 heterocycles.